The van der Waals surface area contributed by atoms with Crippen molar-refractivity contribution < 1.29 is 34.0 Å². The summed E-state index contributed by atoms with van der Waals surface area (Å²) in [7, 11) is 0. The van der Waals surface area contributed by atoms with Crippen LogP contribution in [0.4, 0.5) is 0 Å². The van der Waals surface area contributed by atoms with Gasteiger partial charge in [0.05, 0.1) is 24.2 Å². The third-order valence-corrected chi connectivity index (χ3v) is 9.99. The Hall–Kier alpha value is -2.22. The number of rotatable bonds is 3. The number of allylic oxidation sites excluding steroid dienone is 1. The lowest BCUT2D eigenvalue weighted by atomic mass is 9.45. The van der Waals surface area contributed by atoms with Crippen molar-refractivity contribution in [3.05, 3.63) is 47.0 Å². The van der Waals surface area contributed by atoms with Gasteiger partial charge in [0.1, 0.15) is 17.8 Å². The molecule has 0 spiro atoms. The quantitative estimate of drug-likeness (QED) is 0.480. The average molecular weight is 499 g/mol. The van der Waals surface area contributed by atoms with Gasteiger partial charge in [-0.15, -0.1) is 0 Å². The molecule has 7 nitrogen and oxygen atoms in total. The molecule has 2 bridgehead atoms. The zero-order valence-corrected chi connectivity index (χ0v) is 21.9. The Bertz CT molecular complexity index is 1090. The smallest absolute Gasteiger partial charge is 0.338 e. The fraction of sp³-hybridized carbons (Fsp3) is 0.655. The summed E-state index contributed by atoms with van der Waals surface area (Å²) in [5.74, 6) is -1.66. The van der Waals surface area contributed by atoms with Crippen LogP contribution in [0.3, 0.4) is 0 Å². The predicted molar refractivity (Wildman–Crippen MR) is 132 cm³/mol. The Morgan fingerprint density at radius 3 is 2.39 bits per heavy atom. The minimum absolute atomic E-state index is 0.141. The number of fused-ring (bicyclic) bond motifs is 5. The van der Waals surface area contributed by atoms with Crippen LogP contribution in [0.1, 0.15) is 77.1 Å². The van der Waals surface area contributed by atoms with Gasteiger partial charge in [0.15, 0.2) is 5.60 Å². The summed E-state index contributed by atoms with van der Waals surface area (Å²) in [5.41, 5.74) is -1.25. The van der Waals surface area contributed by atoms with E-state index >= 15 is 0 Å². The molecule has 1 aromatic carbocycles. The van der Waals surface area contributed by atoms with Gasteiger partial charge < -0.3 is 24.4 Å². The third-order valence-electron chi connectivity index (χ3n) is 9.99. The second-order valence-electron chi connectivity index (χ2n) is 12.1. The van der Waals surface area contributed by atoms with Crippen LogP contribution in [-0.2, 0) is 19.0 Å². The van der Waals surface area contributed by atoms with Crippen molar-refractivity contribution in [3.8, 4) is 0 Å². The van der Waals surface area contributed by atoms with Gasteiger partial charge in [0, 0.05) is 24.2 Å². The van der Waals surface area contributed by atoms with E-state index in [0.29, 0.717) is 37.7 Å². The van der Waals surface area contributed by atoms with Crippen molar-refractivity contribution in [1.29, 1.82) is 0 Å². The minimum Gasteiger partial charge on any atom is -0.455 e. The van der Waals surface area contributed by atoms with Gasteiger partial charge in [0.25, 0.3) is 0 Å². The van der Waals surface area contributed by atoms with Crippen molar-refractivity contribution in [2.45, 2.75) is 96.2 Å². The topological polar surface area (TPSA) is 102 Å². The first-order chi connectivity index (χ1) is 16.9. The van der Waals surface area contributed by atoms with Gasteiger partial charge in [-0.25, -0.2) is 4.79 Å². The molecule has 7 atom stereocenters. The van der Waals surface area contributed by atoms with Crippen LogP contribution in [0, 0.1) is 16.7 Å². The monoisotopic (exact) mass is 498 g/mol. The summed E-state index contributed by atoms with van der Waals surface area (Å²) in [6.45, 7) is 9.63. The number of carbonyl (C=O) groups excluding carboxylic acids is 2. The molecule has 2 unspecified atom stereocenters. The lowest BCUT2D eigenvalue weighted by Gasteiger charge is -2.67. The van der Waals surface area contributed by atoms with Crippen molar-refractivity contribution in [2.24, 2.45) is 16.7 Å². The van der Waals surface area contributed by atoms with E-state index < -0.39 is 58.2 Å². The Balaban J connectivity index is 1.72. The van der Waals surface area contributed by atoms with E-state index in [1.165, 1.54) is 12.5 Å². The molecule has 2 saturated carbocycles. The highest BCUT2D eigenvalue weighted by molar-refractivity contribution is 5.89. The first-order valence-electron chi connectivity index (χ1n) is 13.0. The standard InChI is InChI=1S/C29H38O7/c1-17-11-14-29(33)24(35-25(32)19-9-7-6-8-10-19)23-27(5,13-12-20(17)26(29,3)4)21(31)15-22-28(23,16-34-22)36-18(2)30/h6-10,21-24,31,33H,11-16H2,1-5H3/t21-,22?,23?,24-,27+,28-,29+/m0/s1. The van der Waals surface area contributed by atoms with E-state index in [2.05, 4.69) is 6.92 Å². The van der Waals surface area contributed by atoms with E-state index in [1.54, 1.807) is 24.3 Å². The summed E-state index contributed by atoms with van der Waals surface area (Å²) < 4.78 is 18.3. The summed E-state index contributed by atoms with van der Waals surface area (Å²) in [6, 6.07) is 8.72. The maximum atomic E-state index is 13.5. The van der Waals surface area contributed by atoms with E-state index in [-0.39, 0.29) is 6.61 Å². The molecule has 0 amide bonds. The zero-order chi connectivity index (χ0) is 26.1. The van der Waals surface area contributed by atoms with E-state index in [1.807, 2.05) is 26.8 Å². The minimum atomic E-state index is -1.44. The van der Waals surface area contributed by atoms with Crippen molar-refractivity contribution in [1.82, 2.24) is 0 Å². The Morgan fingerprint density at radius 2 is 1.78 bits per heavy atom. The SMILES string of the molecule is CC(=O)O[C@@]12COC1C[C@H](O)[C@@]1(C)CCC3=C(C)CC[C@@](O)([C@@H](OC(=O)c4ccccc4)C21)C3(C)C. The van der Waals surface area contributed by atoms with Crippen LogP contribution in [0.25, 0.3) is 0 Å². The molecule has 7 heteroatoms. The molecular formula is C29H38O7. The highest BCUT2D eigenvalue weighted by atomic mass is 16.6. The summed E-state index contributed by atoms with van der Waals surface area (Å²) >= 11 is 0. The number of aliphatic hydroxyl groups is 2. The molecule has 0 aromatic heterocycles. The van der Waals surface area contributed by atoms with Crippen LogP contribution in [0.5, 0.6) is 0 Å². The number of carbonyl (C=O) groups is 2. The molecule has 5 rings (SSSR count). The highest BCUT2D eigenvalue weighted by Crippen LogP contribution is 2.64. The fourth-order valence-electron chi connectivity index (χ4n) is 7.76. The van der Waals surface area contributed by atoms with Crippen LogP contribution < -0.4 is 0 Å². The van der Waals surface area contributed by atoms with Crippen molar-refractivity contribution >= 4 is 11.9 Å². The largest absolute Gasteiger partial charge is 0.455 e. The normalized spacial score (nSPS) is 41.1. The number of ether oxygens (including phenoxy) is 3. The van der Waals surface area contributed by atoms with Gasteiger partial charge in [-0.2, -0.15) is 0 Å². The van der Waals surface area contributed by atoms with E-state index in [4.69, 9.17) is 14.2 Å². The maximum Gasteiger partial charge on any atom is 0.338 e. The second kappa shape index (κ2) is 8.40. The first kappa shape index (κ1) is 25.4. The van der Waals surface area contributed by atoms with Crippen molar-refractivity contribution in [2.75, 3.05) is 6.61 Å². The molecule has 1 saturated heterocycles. The van der Waals surface area contributed by atoms with Gasteiger partial charge >= 0.3 is 11.9 Å². The maximum absolute atomic E-state index is 13.5. The van der Waals surface area contributed by atoms with Gasteiger partial charge in [0.2, 0.25) is 0 Å². The fourth-order valence-corrected chi connectivity index (χ4v) is 7.76. The van der Waals surface area contributed by atoms with Gasteiger partial charge in [-0.05, 0) is 44.7 Å². The third kappa shape index (κ3) is 3.42. The molecule has 3 fully saturated rings. The Kier molecular flexibility index (Phi) is 5.93. The lowest BCUT2D eigenvalue weighted by molar-refractivity contribution is -0.350. The molecule has 36 heavy (non-hydrogen) atoms. The summed E-state index contributed by atoms with van der Waals surface area (Å²) in [5, 5.41) is 24.2. The highest BCUT2D eigenvalue weighted by Gasteiger charge is 2.74. The Labute approximate surface area is 212 Å². The zero-order valence-electron chi connectivity index (χ0n) is 21.9. The average Bonchev–Trinajstić information content (AvgIpc) is 2.81. The van der Waals surface area contributed by atoms with Crippen LogP contribution in [0.15, 0.2) is 41.5 Å². The molecule has 1 heterocycles. The summed E-state index contributed by atoms with van der Waals surface area (Å²) in [6.07, 6.45) is 0.369. The molecule has 1 aliphatic heterocycles. The van der Waals surface area contributed by atoms with Crippen LogP contribution >= 0.6 is 0 Å². The molecule has 0 radical (unpaired) electrons. The number of hydrogen-bond acceptors (Lipinski definition) is 7. The predicted octanol–water partition coefficient (Wildman–Crippen LogP) is 3.96. The lowest BCUT2D eigenvalue weighted by Crippen LogP contribution is -2.79. The number of aliphatic hydroxyl groups excluding tert-OH is 1. The molecule has 4 aliphatic rings. The second-order valence-corrected chi connectivity index (χ2v) is 12.1. The first-order valence-corrected chi connectivity index (χ1v) is 13.0. The molecule has 2 N–H and O–H groups in total. The number of benzene rings is 1. The van der Waals surface area contributed by atoms with Gasteiger partial charge in [-0.1, -0.05) is 50.1 Å². The van der Waals surface area contributed by atoms with Crippen LogP contribution in [0.2, 0.25) is 0 Å². The molecule has 3 aliphatic carbocycles. The van der Waals surface area contributed by atoms with Gasteiger partial charge in [-0.3, -0.25) is 4.79 Å². The number of esters is 2. The van der Waals surface area contributed by atoms with Crippen molar-refractivity contribution in [3.63, 3.8) is 0 Å². The van der Waals surface area contributed by atoms with Crippen LogP contribution in [-0.4, -0.2) is 58.3 Å². The van der Waals surface area contributed by atoms with E-state index in [9.17, 15) is 19.8 Å². The number of hydrogen-bond donors (Lipinski definition) is 2. The summed E-state index contributed by atoms with van der Waals surface area (Å²) in [4.78, 5) is 25.9. The van der Waals surface area contributed by atoms with E-state index in [0.717, 1.165) is 5.57 Å². The molecular weight excluding hydrogens is 460 g/mol. The molecule has 1 aromatic rings. The molecule has 196 valence electrons. The Morgan fingerprint density at radius 1 is 1.08 bits per heavy atom.